The van der Waals surface area contributed by atoms with Gasteiger partial charge in [0.15, 0.2) is 6.29 Å². The SMILES string of the molecule is C=CCCCCCCC1COC(c2ccc(-c3ccc(OCCCCCC(C)CC)cc3)cc2)OC1. The molecule has 0 bridgehead atoms. The lowest BCUT2D eigenvalue weighted by atomic mass is 10.0. The second-order valence-electron chi connectivity index (χ2n) is 10.5. The normalized spacial score (nSPS) is 18.6. The van der Waals surface area contributed by atoms with Crippen molar-refractivity contribution in [1.82, 2.24) is 0 Å². The average molecular weight is 493 g/mol. The lowest BCUT2D eigenvalue weighted by Gasteiger charge is -2.29. The molecule has 0 amide bonds. The predicted octanol–water partition coefficient (Wildman–Crippen LogP) is 9.53. The first-order valence-corrected chi connectivity index (χ1v) is 14.4. The monoisotopic (exact) mass is 492 g/mol. The molecule has 3 heteroatoms. The molecule has 2 aromatic rings. The van der Waals surface area contributed by atoms with Gasteiger partial charge in [-0.15, -0.1) is 6.58 Å². The third kappa shape index (κ3) is 10.1. The topological polar surface area (TPSA) is 27.7 Å². The Morgan fingerprint density at radius 3 is 2.17 bits per heavy atom. The lowest BCUT2D eigenvalue weighted by molar-refractivity contribution is -0.206. The number of benzene rings is 2. The van der Waals surface area contributed by atoms with Gasteiger partial charge in [-0.1, -0.05) is 101 Å². The highest BCUT2D eigenvalue weighted by molar-refractivity contribution is 5.64. The van der Waals surface area contributed by atoms with E-state index in [0.29, 0.717) is 5.92 Å². The molecule has 1 aliphatic heterocycles. The zero-order valence-corrected chi connectivity index (χ0v) is 22.8. The fourth-order valence-corrected chi connectivity index (χ4v) is 4.72. The average Bonchev–Trinajstić information content (AvgIpc) is 2.93. The summed E-state index contributed by atoms with van der Waals surface area (Å²) in [6.07, 6.45) is 15.5. The lowest BCUT2D eigenvalue weighted by Crippen LogP contribution is -2.27. The number of hydrogen-bond donors (Lipinski definition) is 0. The molecule has 0 spiro atoms. The maximum Gasteiger partial charge on any atom is 0.183 e. The van der Waals surface area contributed by atoms with E-state index >= 15 is 0 Å². The van der Waals surface area contributed by atoms with Gasteiger partial charge in [-0.2, -0.15) is 0 Å². The Kier molecular flexibility index (Phi) is 13.1. The van der Waals surface area contributed by atoms with Gasteiger partial charge in [-0.05, 0) is 54.9 Å². The van der Waals surface area contributed by atoms with Crippen molar-refractivity contribution >= 4 is 0 Å². The van der Waals surface area contributed by atoms with Gasteiger partial charge < -0.3 is 14.2 Å². The maximum atomic E-state index is 6.06. The highest BCUT2D eigenvalue weighted by Gasteiger charge is 2.23. The van der Waals surface area contributed by atoms with Gasteiger partial charge in [-0.3, -0.25) is 0 Å². The van der Waals surface area contributed by atoms with Gasteiger partial charge in [-0.25, -0.2) is 0 Å². The highest BCUT2D eigenvalue weighted by Crippen LogP contribution is 2.30. The van der Waals surface area contributed by atoms with E-state index < -0.39 is 0 Å². The van der Waals surface area contributed by atoms with Crippen molar-refractivity contribution in [3.8, 4) is 16.9 Å². The zero-order chi connectivity index (χ0) is 25.4. The molecule has 1 heterocycles. The standard InChI is InChI=1S/C33H48O3/c1-4-6-7-8-9-12-15-28-25-35-33(36-26-28)31-18-16-29(17-19-31)30-20-22-32(23-21-30)34-24-13-10-11-14-27(3)5-2/h4,16-23,27-28,33H,1,5-15,24-26H2,2-3H3. The van der Waals surface area contributed by atoms with Crippen LogP contribution in [0.2, 0.25) is 0 Å². The fraction of sp³-hybridized carbons (Fsp3) is 0.576. The van der Waals surface area contributed by atoms with Crippen LogP contribution >= 0.6 is 0 Å². The van der Waals surface area contributed by atoms with Gasteiger partial charge in [0.05, 0.1) is 19.8 Å². The molecule has 3 rings (SSSR count). The number of rotatable bonds is 17. The van der Waals surface area contributed by atoms with Crippen LogP contribution in [0.25, 0.3) is 11.1 Å². The van der Waals surface area contributed by atoms with Gasteiger partial charge in [0, 0.05) is 11.5 Å². The Morgan fingerprint density at radius 2 is 1.50 bits per heavy atom. The Bertz CT molecular complexity index is 834. The van der Waals surface area contributed by atoms with Gasteiger partial charge in [0.25, 0.3) is 0 Å². The van der Waals surface area contributed by atoms with Crippen molar-refractivity contribution in [3.63, 3.8) is 0 Å². The number of hydrogen-bond acceptors (Lipinski definition) is 3. The van der Waals surface area contributed by atoms with Crippen LogP contribution in [0, 0.1) is 11.8 Å². The van der Waals surface area contributed by atoms with Crippen molar-refractivity contribution in [2.45, 2.75) is 90.8 Å². The molecule has 0 aromatic heterocycles. The van der Waals surface area contributed by atoms with Gasteiger partial charge in [0.2, 0.25) is 0 Å². The summed E-state index contributed by atoms with van der Waals surface area (Å²) in [4.78, 5) is 0. The van der Waals surface area contributed by atoms with E-state index in [1.54, 1.807) is 0 Å². The Morgan fingerprint density at radius 1 is 0.861 bits per heavy atom. The molecule has 0 aliphatic carbocycles. The minimum absolute atomic E-state index is 0.246. The van der Waals surface area contributed by atoms with Crippen LogP contribution in [0.15, 0.2) is 61.2 Å². The summed E-state index contributed by atoms with van der Waals surface area (Å²) in [6, 6.07) is 17.0. The van der Waals surface area contributed by atoms with E-state index in [1.807, 2.05) is 6.08 Å². The van der Waals surface area contributed by atoms with E-state index in [1.165, 1.54) is 68.9 Å². The van der Waals surface area contributed by atoms with Crippen molar-refractivity contribution in [3.05, 3.63) is 66.7 Å². The summed E-state index contributed by atoms with van der Waals surface area (Å²) in [5.41, 5.74) is 3.48. The molecule has 1 saturated heterocycles. The van der Waals surface area contributed by atoms with E-state index in [0.717, 1.165) is 49.9 Å². The zero-order valence-electron chi connectivity index (χ0n) is 22.8. The number of allylic oxidation sites excluding steroid dienone is 1. The smallest absolute Gasteiger partial charge is 0.183 e. The quantitative estimate of drug-likeness (QED) is 0.162. The van der Waals surface area contributed by atoms with Crippen molar-refractivity contribution in [1.29, 1.82) is 0 Å². The van der Waals surface area contributed by atoms with E-state index in [2.05, 4.69) is 69.0 Å². The third-order valence-corrected chi connectivity index (χ3v) is 7.41. The van der Waals surface area contributed by atoms with Crippen LogP contribution in [0.5, 0.6) is 5.75 Å². The summed E-state index contributed by atoms with van der Waals surface area (Å²) in [6.45, 7) is 10.8. The molecule has 1 fully saturated rings. The summed E-state index contributed by atoms with van der Waals surface area (Å²) >= 11 is 0. The maximum absolute atomic E-state index is 6.06. The Balaban J connectivity index is 1.35. The number of unbranched alkanes of at least 4 members (excludes halogenated alkanes) is 6. The molecule has 36 heavy (non-hydrogen) atoms. The molecule has 198 valence electrons. The highest BCUT2D eigenvalue weighted by atomic mass is 16.7. The summed E-state index contributed by atoms with van der Waals surface area (Å²) in [7, 11) is 0. The largest absolute Gasteiger partial charge is 0.494 e. The first-order chi connectivity index (χ1) is 17.7. The molecular weight excluding hydrogens is 444 g/mol. The van der Waals surface area contributed by atoms with E-state index in [4.69, 9.17) is 14.2 Å². The number of ether oxygens (including phenoxy) is 3. The minimum atomic E-state index is -0.246. The third-order valence-electron chi connectivity index (χ3n) is 7.41. The molecule has 3 nitrogen and oxygen atoms in total. The predicted molar refractivity (Wildman–Crippen MR) is 151 cm³/mol. The van der Waals surface area contributed by atoms with Crippen LogP contribution in [-0.4, -0.2) is 19.8 Å². The van der Waals surface area contributed by atoms with E-state index in [-0.39, 0.29) is 6.29 Å². The molecule has 2 aromatic carbocycles. The first kappa shape index (κ1) is 28.5. The van der Waals surface area contributed by atoms with Crippen LogP contribution in [0.1, 0.15) is 96.3 Å². The molecule has 0 radical (unpaired) electrons. The first-order valence-electron chi connectivity index (χ1n) is 14.4. The summed E-state index contributed by atoms with van der Waals surface area (Å²) < 4.78 is 18.1. The molecule has 1 aliphatic rings. The molecular formula is C33H48O3. The van der Waals surface area contributed by atoms with Gasteiger partial charge >= 0.3 is 0 Å². The molecule has 1 atom stereocenters. The molecule has 0 N–H and O–H groups in total. The second-order valence-corrected chi connectivity index (χ2v) is 10.5. The summed E-state index contributed by atoms with van der Waals surface area (Å²) in [5.74, 6) is 2.32. The molecule has 1 unspecified atom stereocenters. The van der Waals surface area contributed by atoms with E-state index in [9.17, 15) is 0 Å². The second kappa shape index (κ2) is 16.6. The van der Waals surface area contributed by atoms with Gasteiger partial charge in [0.1, 0.15) is 5.75 Å². The van der Waals surface area contributed by atoms with Crippen LogP contribution in [0.4, 0.5) is 0 Å². The van der Waals surface area contributed by atoms with Crippen molar-refractivity contribution in [2.24, 2.45) is 11.8 Å². The van der Waals surface area contributed by atoms with Crippen LogP contribution < -0.4 is 4.74 Å². The summed E-state index contributed by atoms with van der Waals surface area (Å²) in [5, 5.41) is 0. The van der Waals surface area contributed by atoms with Crippen molar-refractivity contribution < 1.29 is 14.2 Å². The Labute approximate surface area is 220 Å². The molecule has 0 saturated carbocycles. The van der Waals surface area contributed by atoms with Crippen LogP contribution in [-0.2, 0) is 9.47 Å². The fourth-order valence-electron chi connectivity index (χ4n) is 4.72. The van der Waals surface area contributed by atoms with Crippen LogP contribution in [0.3, 0.4) is 0 Å². The van der Waals surface area contributed by atoms with Crippen molar-refractivity contribution in [2.75, 3.05) is 19.8 Å². The minimum Gasteiger partial charge on any atom is -0.494 e. The Hall–Kier alpha value is -2.10.